The molecule has 0 heterocycles. The summed E-state index contributed by atoms with van der Waals surface area (Å²) in [5.74, 6) is -1.26. The maximum absolute atomic E-state index is 12.8. The van der Waals surface area contributed by atoms with Gasteiger partial charge in [-0.2, -0.15) is 0 Å². The monoisotopic (exact) mass is 373 g/mol. The summed E-state index contributed by atoms with van der Waals surface area (Å²) in [5.41, 5.74) is 0.959. The van der Waals surface area contributed by atoms with Crippen LogP contribution < -0.4 is 10.1 Å². The Bertz CT molecular complexity index is 802. The Morgan fingerprint density at radius 2 is 1.67 bits per heavy atom. The van der Waals surface area contributed by atoms with E-state index in [1.165, 1.54) is 31.2 Å². The first-order valence-electron chi connectivity index (χ1n) is 8.41. The van der Waals surface area contributed by atoms with Crippen molar-refractivity contribution in [1.29, 1.82) is 0 Å². The fourth-order valence-corrected chi connectivity index (χ4v) is 2.15. The number of anilines is 1. The second-order valence-electron chi connectivity index (χ2n) is 5.72. The normalized spacial score (nSPS) is 11.4. The number of carbonyl (C=O) groups is 3. The van der Waals surface area contributed by atoms with Gasteiger partial charge in [0, 0.05) is 17.7 Å². The molecule has 1 amide bonds. The van der Waals surface area contributed by atoms with Crippen LogP contribution in [-0.2, 0) is 14.3 Å². The number of hydrogen-bond donors (Lipinski definition) is 1. The minimum absolute atomic E-state index is 0.0157. The third-order valence-electron chi connectivity index (χ3n) is 3.64. The average molecular weight is 373 g/mol. The minimum Gasteiger partial charge on any atom is -0.482 e. The molecule has 1 N–H and O–H groups in total. The van der Waals surface area contributed by atoms with Crippen LogP contribution in [0.3, 0.4) is 0 Å². The summed E-state index contributed by atoms with van der Waals surface area (Å²) >= 11 is 0. The van der Waals surface area contributed by atoms with E-state index in [-0.39, 0.29) is 12.4 Å². The van der Waals surface area contributed by atoms with Crippen molar-refractivity contribution in [3.63, 3.8) is 0 Å². The van der Waals surface area contributed by atoms with E-state index in [4.69, 9.17) is 9.47 Å². The smallest absolute Gasteiger partial charge is 0.344 e. The van der Waals surface area contributed by atoms with Gasteiger partial charge < -0.3 is 14.8 Å². The van der Waals surface area contributed by atoms with Gasteiger partial charge in [0.05, 0.1) is 0 Å². The lowest BCUT2D eigenvalue weighted by atomic mass is 10.1. The molecule has 7 heteroatoms. The second kappa shape index (κ2) is 9.47. The maximum Gasteiger partial charge on any atom is 0.344 e. The third kappa shape index (κ3) is 6.22. The molecule has 142 valence electrons. The third-order valence-corrected chi connectivity index (χ3v) is 3.64. The van der Waals surface area contributed by atoms with E-state index in [9.17, 15) is 18.8 Å². The van der Waals surface area contributed by atoms with Gasteiger partial charge in [0.15, 0.2) is 18.5 Å². The molecule has 0 aliphatic rings. The van der Waals surface area contributed by atoms with Crippen LogP contribution in [0.5, 0.6) is 5.75 Å². The quantitative estimate of drug-likeness (QED) is 0.567. The average Bonchev–Trinajstić information content (AvgIpc) is 2.67. The zero-order valence-corrected chi connectivity index (χ0v) is 15.0. The summed E-state index contributed by atoms with van der Waals surface area (Å²) in [4.78, 5) is 35.4. The Morgan fingerprint density at radius 1 is 1.04 bits per heavy atom. The number of benzene rings is 2. The van der Waals surface area contributed by atoms with Crippen LogP contribution in [0.25, 0.3) is 0 Å². The molecule has 1 atom stereocenters. The molecule has 27 heavy (non-hydrogen) atoms. The molecule has 0 aliphatic carbocycles. The van der Waals surface area contributed by atoms with Crippen molar-refractivity contribution in [2.75, 3.05) is 11.9 Å². The van der Waals surface area contributed by atoms with Crippen molar-refractivity contribution in [3.8, 4) is 5.75 Å². The van der Waals surface area contributed by atoms with E-state index < -0.39 is 23.8 Å². The number of ketones is 1. The summed E-state index contributed by atoms with van der Waals surface area (Å²) in [6.45, 7) is 2.81. The molecule has 0 saturated carbocycles. The number of Topliss-reactive ketones (excluding diaryl/α,β-unsaturated/α-hetero) is 1. The van der Waals surface area contributed by atoms with Gasteiger partial charge in [0.25, 0.3) is 5.91 Å². The number of esters is 1. The summed E-state index contributed by atoms with van der Waals surface area (Å²) in [6, 6.07) is 11.6. The molecule has 2 aromatic rings. The van der Waals surface area contributed by atoms with Crippen LogP contribution in [0.1, 0.15) is 30.6 Å². The number of rotatable bonds is 8. The van der Waals surface area contributed by atoms with Crippen LogP contribution in [0.15, 0.2) is 48.5 Å². The van der Waals surface area contributed by atoms with Crippen LogP contribution in [0, 0.1) is 5.82 Å². The molecule has 0 unspecified atom stereocenters. The Hall–Kier alpha value is -3.22. The van der Waals surface area contributed by atoms with Crippen molar-refractivity contribution in [2.45, 2.75) is 26.4 Å². The van der Waals surface area contributed by atoms with Gasteiger partial charge in [-0.3, -0.25) is 9.59 Å². The standard InChI is InChI=1S/C20H20FNO5/c1-3-18(23)14-4-10-17(11-5-14)26-12-19(24)27-13(2)20(25)22-16-8-6-15(21)7-9-16/h4-11,13H,3,12H2,1-2H3,(H,22,25)/t13-/m1/s1. The Kier molecular flexibility index (Phi) is 7.05. The highest BCUT2D eigenvalue weighted by molar-refractivity contribution is 5.96. The molecule has 0 saturated heterocycles. The summed E-state index contributed by atoms with van der Waals surface area (Å²) in [6.07, 6.45) is -0.638. The van der Waals surface area contributed by atoms with Gasteiger partial charge >= 0.3 is 5.97 Å². The van der Waals surface area contributed by atoms with E-state index in [1.54, 1.807) is 31.2 Å². The fraction of sp³-hybridized carbons (Fsp3) is 0.250. The molecule has 0 radical (unpaired) electrons. The molecule has 6 nitrogen and oxygen atoms in total. The molecular weight excluding hydrogens is 353 g/mol. The van der Waals surface area contributed by atoms with Gasteiger partial charge in [0.1, 0.15) is 11.6 Å². The highest BCUT2D eigenvalue weighted by atomic mass is 19.1. The van der Waals surface area contributed by atoms with Crippen LogP contribution in [0.2, 0.25) is 0 Å². The Balaban J connectivity index is 1.79. The molecule has 0 aliphatic heterocycles. The molecular formula is C20H20FNO5. The highest BCUT2D eigenvalue weighted by Crippen LogP contribution is 2.14. The number of ether oxygens (including phenoxy) is 2. The lowest BCUT2D eigenvalue weighted by molar-refractivity contribution is -0.155. The van der Waals surface area contributed by atoms with Gasteiger partial charge in [-0.1, -0.05) is 6.92 Å². The number of hydrogen-bond acceptors (Lipinski definition) is 5. The van der Waals surface area contributed by atoms with Crippen molar-refractivity contribution in [1.82, 2.24) is 0 Å². The van der Waals surface area contributed by atoms with Gasteiger partial charge in [-0.15, -0.1) is 0 Å². The van der Waals surface area contributed by atoms with Gasteiger partial charge in [-0.05, 0) is 55.5 Å². The molecule has 0 fully saturated rings. The van der Waals surface area contributed by atoms with E-state index in [1.807, 2.05) is 0 Å². The first kappa shape index (κ1) is 20.1. The zero-order valence-electron chi connectivity index (χ0n) is 15.0. The minimum atomic E-state index is -1.05. The SMILES string of the molecule is CCC(=O)c1ccc(OCC(=O)O[C@H](C)C(=O)Nc2ccc(F)cc2)cc1. The van der Waals surface area contributed by atoms with Crippen LogP contribution in [-0.4, -0.2) is 30.4 Å². The lowest BCUT2D eigenvalue weighted by Crippen LogP contribution is -2.31. The number of carbonyl (C=O) groups excluding carboxylic acids is 3. The predicted octanol–water partition coefficient (Wildman–Crippen LogP) is 3.37. The fourth-order valence-electron chi connectivity index (χ4n) is 2.15. The lowest BCUT2D eigenvalue weighted by Gasteiger charge is -2.14. The largest absolute Gasteiger partial charge is 0.482 e. The molecule has 0 spiro atoms. The van der Waals surface area contributed by atoms with Gasteiger partial charge in [0.2, 0.25) is 0 Å². The topological polar surface area (TPSA) is 81.7 Å². The van der Waals surface area contributed by atoms with E-state index >= 15 is 0 Å². The Labute approximate surface area is 156 Å². The van der Waals surface area contributed by atoms with Crippen LogP contribution >= 0.6 is 0 Å². The highest BCUT2D eigenvalue weighted by Gasteiger charge is 2.18. The summed E-state index contributed by atoms with van der Waals surface area (Å²) < 4.78 is 23.1. The number of halogens is 1. The predicted molar refractivity (Wildman–Crippen MR) is 97.1 cm³/mol. The van der Waals surface area contributed by atoms with Crippen molar-refractivity contribution < 1.29 is 28.2 Å². The van der Waals surface area contributed by atoms with Gasteiger partial charge in [-0.25, -0.2) is 9.18 Å². The van der Waals surface area contributed by atoms with Crippen LogP contribution in [0.4, 0.5) is 10.1 Å². The van der Waals surface area contributed by atoms with E-state index in [2.05, 4.69) is 5.32 Å². The van der Waals surface area contributed by atoms with Crippen molar-refractivity contribution in [3.05, 3.63) is 59.9 Å². The van der Waals surface area contributed by atoms with Crippen molar-refractivity contribution >= 4 is 23.3 Å². The molecule has 0 bridgehead atoms. The molecule has 0 aromatic heterocycles. The van der Waals surface area contributed by atoms with Crippen molar-refractivity contribution in [2.24, 2.45) is 0 Å². The Morgan fingerprint density at radius 3 is 2.26 bits per heavy atom. The van der Waals surface area contributed by atoms with E-state index in [0.29, 0.717) is 23.4 Å². The maximum atomic E-state index is 12.8. The number of nitrogens with one attached hydrogen (secondary N) is 1. The second-order valence-corrected chi connectivity index (χ2v) is 5.72. The summed E-state index contributed by atoms with van der Waals surface area (Å²) in [7, 11) is 0. The zero-order chi connectivity index (χ0) is 19.8. The molecule has 2 aromatic carbocycles. The first-order valence-corrected chi connectivity index (χ1v) is 8.41. The number of amides is 1. The van der Waals surface area contributed by atoms with E-state index in [0.717, 1.165) is 0 Å². The molecule has 2 rings (SSSR count). The first-order chi connectivity index (χ1) is 12.9. The summed E-state index contributed by atoms with van der Waals surface area (Å²) in [5, 5.41) is 2.51.